The van der Waals surface area contributed by atoms with Crippen molar-refractivity contribution in [1.82, 2.24) is 4.90 Å². The summed E-state index contributed by atoms with van der Waals surface area (Å²) in [7, 11) is 0. The zero-order chi connectivity index (χ0) is 21.0. The molecule has 1 saturated heterocycles. The van der Waals surface area contributed by atoms with Crippen LogP contribution in [0.4, 0.5) is 11.4 Å². The molecule has 1 heterocycles. The molecule has 0 aromatic heterocycles. The molecule has 0 aliphatic carbocycles. The Kier molecular flexibility index (Phi) is 7.17. The van der Waals surface area contributed by atoms with E-state index in [2.05, 4.69) is 21.6 Å². The highest BCUT2D eigenvalue weighted by molar-refractivity contribution is 6.42. The van der Waals surface area contributed by atoms with Gasteiger partial charge in [0.15, 0.2) is 0 Å². The average Bonchev–Trinajstić information content (AvgIpc) is 2.64. The topological polar surface area (TPSA) is 61.4 Å². The number of nitrogens with zero attached hydrogens (tertiary/aromatic N) is 1. The van der Waals surface area contributed by atoms with Gasteiger partial charge in [0.1, 0.15) is 0 Å². The number of aryl methyl sites for hydroxylation is 2. The fourth-order valence-corrected chi connectivity index (χ4v) is 3.92. The standard InChI is InChI=1S/C22H25Cl2N3O2/c1-14-9-15(2)11-18(10-14)26-22(29)16-5-7-27(8-6-16)13-21(28)25-17-3-4-19(23)20(24)12-17/h3-4,9-12,16H,5-8,13H2,1-2H3,(H,25,28)(H,26,29). The van der Waals surface area contributed by atoms with E-state index >= 15 is 0 Å². The van der Waals surface area contributed by atoms with Crippen LogP contribution in [0.2, 0.25) is 10.0 Å². The predicted octanol–water partition coefficient (Wildman–Crippen LogP) is 4.90. The molecule has 1 fully saturated rings. The van der Waals surface area contributed by atoms with Crippen molar-refractivity contribution < 1.29 is 9.59 Å². The summed E-state index contributed by atoms with van der Waals surface area (Å²) in [6.07, 6.45) is 1.47. The van der Waals surface area contributed by atoms with Crippen LogP contribution in [0, 0.1) is 19.8 Å². The number of likely N-dealkylation sites (tertiary alicyclic amines) is 1. The van der Waals surface area contributed by atoms with Crippen LogP contribution in [0.5, 0.6) is 0 Å². The van der Waals surface area contributed by atoms with Crippen LogP contribution < -0.4 is 10.6 Å². The fraction of sp³-hybridized carbons (Fsp3) is 0.364. The first kappa shape index (κ1) is 21.6. The van der Waals surface area contributed by atoms with Gasteiger partial charge in [-0.25, -0.2) is 0 Å². The molecule has 5 nitrogen and oxygen atoms in total. The van der Waals surface area contributed by atoms with Crippen LogP contribution in [-0.4, -0.2) is 36.3 Å². The molecule has 0 atom stereocenters. The van der Waals surface area contributed by atoms with Crippen molar-refractivity contribution in [2.75, 3.05) is 30.3 Å². The molecule has 2 amide bonds. The lowest BCUT2D eigenvalue weighted by atomic mass is 9.95. The monoisotopic (exact) mass is 433 g/mol. The summed E-state index contributed by atoms with van der Waals surface area (Å²) in [5.74, 6) is -0.0957. The van der Waals surface area contributed by atoms with E-state index in [0.29, 0.717) is 28.8 Å². The molecule has 3 rings (SSSR count). The summed E-state index contributed by atoms with van der Waals surface area (Å²) >= 11 is 11.9. The third-order valence-electron chi connectivity index (χ3n) is 5.02. The lowest BCUT2D eigenvalue weighted by Gasteiger charge is -2.30. The number of anilines is 2. The third kappa shape index (κ3) is 6.20. The number of carbonyl (C=O) groups excluding carboxylic acids is 2. The minimum absolute atomic E-state index is 0.0369. The zero-order valence-corrected chi connectivity index (χ0v) is 18.1. The molecule has 0 radical (unpaired) electrons. The normalized spacial score (nSPS) is 15.2. The molecule has 2 aromatic rings. The van der Waals surface area contributed by atoms with Gasteiger partial charge in [-0.1, -0.05) is 29.3 Å². The fourth-order valence-electron chi connectivity index (χ4n) is 3.62. The van der Waals surface area contributed by atoms with Crippen LogP contribution in [0.1, 0.15) is 24.0 Å². The molecule has 29 heavy (non-hydrogen) atoms. The molecule has 0 spiro atoms. The molecule has 2 aromatic carbocycles. The highest BCUT2D eigenvalue weighted by Crippen LogP contribution is 2.25. The maximum atomic E-state index is 12.6. The molecule has 2 N–H and O–H groups in total. The molecule has 1 aliphatic rings. The van der Waals surface area contributed by atoms with Crippen LogP contribution in [0.25, 0.3) is 0 Å². The number of hydrogen-bond acceptors (Lipinski definition) is 3. The quantitative estimate of drug-likeness (QED) is 0.704. The summed E-state index contributed by atoms with van der Waals surface area (Å²) in [5.41, 5.74) is 3.72. The van der Waals surface area contributed by atoms with Crippen molar-refractivity contribution in [2.45, 2.75) is 26.7 Å². The Balaban J connectivity index is 1.46. The second-order valence-electron chi connectivity index (χ2n) is 7.59. The van der Waals surface area contributed by atoms with Gasteiger partial charge in [0.25, 0.3) is 0 Å². The van der Waals surface area contributed by atoms with E-state index in [1.807, 2.05) is 26.0 Å². The van der Waals surface area contributed by atoms with Gasteiger partial charge in [0.2, 0.25) is 11.8 Å². The Morgan fingerprint density at radius 3 is 2.21 bits per heavy atom. The van der Waals surface area contributed by atoms with E-state index in [4.69, 9.17) is 23.2 Å². The maximum absolute atomic E-state index is 12.6. The Labute approximate surface area is 181 Å². The van der Waals surface area contributed by atoms with Crippen molar-refractivity contribution in [3.8, 4) is 0 Å². The van der Waals surface area contributed by atoms with Crippen molar-refractivity contribution >= 4 is 46.4 Å². The van der Waals surface area contributed by atoms with Gasteiger partial charge >= 0.3 is 0 Å². The Morgan fingerprint density at radius 2 is 1.59 bits per heavy atom. The largest absolute Gasteiger partial charge is 0.326 e. The van der Waals surface area contributed by atoms with Gasteiger partial charge in [-0.15, -0.1) is 0 Å². The van der Waals surface area contributed by atoms with Crippen molar-refractivity contribution in [1.29, 1.82) is 0 Å². The summed E-state index contributed by atoms with van der Waals surface area (Å²) in [6.45, 7) is 5.74. The van der Waals surface area contributed by atoms with Crippen molar-refractivity contribution in [3.63, 3.8) is 0 Å². The third-order valence-corrected chi connectivity index (χ3v) is 5.76. The lowest BCUT2D eigenvalue weighted by molar-refractivity contribution is -0.121. The second-order valence-corrected chi connectivity index (χ2v) is 8.41. The molecule has 7 heteroatoms. The van der Waals surface area contributed by atoms with Gasteiger partial charge in [-0.05, 0) is 81.2 Å². The number of piperidine rings is 1. The molecule has 0 unspecified atom stereocenters. The van der Waals surface area contributed by atoms with Gasteiger partial charge in [-0.3, -0.25) is 14.5 Å². The molecule has 1 aliphatic heterocycles. The molecular weight excluding hydrogens is 409 g/mol. The number of nitrogens with one attached hydrogen (secondary N) is 2. The molecular formula is C22H25Cl2N3O2. The molecule has 154 valence electrons. The average molecular weight is 434 g/mol. The first-order valence-electron chi connectivity index (χ1n) is 9.66. The van der Waals surface area contributed by atoms with Gasteiger partial charge < -0.3 is 10.6 Å². The van der Waals surface area contributed by atoms with Crippen LogP contribution >= 0.6 is 23.2 Å². The summed E-state index contributed by atoms with van der Waals surface area (Å²) in [6, 6.07) is 11.0. The summed E-state index contributed by atoms with van der Waals surface area (Å²) < 4.78 is 0. The van der Waals surface area contributed by atoms with E-state index < -0.39 is 0 Å². The number of halogens is 2. The van der Waals surface area contributed by atoms with E-state index in [1.54, 1.807) is 18.2 Å². The summed E-state index contributed by atoms with van der Waals surface area (Å²) in [4.78, 5) is 26.9. The van der Waals surface area contributed by atoms with E-state index in [9.17, 15) is 9.59 Å². The van der Waals surface area contributed by atoms with Crippen LogP contribution in [-0.2, 0) is 9.59 Å². The van der Waals surface area contributed by atoms with Gasteiger partial charge in [0.05, 0.1) is 16.6 Å². The Morgan fingerprint density at radius 1 is 0.931 bits per heavy atom. The van der Waals surface area contributed by atoms with Crippen LogP contribution in [0.15, 0.2) is 36.4 Å². The van der Waals surface area contributed by atoms with Crippen molar-refractivity contribution in [2.24, 2.45) is 5.92 Å². The highest BCUT2D eigenvalue weighted by Gasteiger charge is 2.26. The SMILES string of the molecule is Cc1cc(C)cc(NC(=O)C2CCN(CC(=O)Nc3ccc(Cl)c(Cl)c3)CC2)c1. The minimum atomic E-state index is -0.110. The molecule has 0 saturated carbocycles. The lowest BCUT2D eigenvalue weighted by Crippen LogP contribution is -2.41. The maximum Gasteiger partial charge on any atom is 0.238 e. The van der Waals surface area contributed by atoms with Crippen molar-refractivity contribution in [3.05, 3.63) is 57.6 Å². The summed E-state index contributed by atoms with van der Waals surface area (Å²) in [5, 5.41) is 6.72. The first-order valence-corrected chi connectivity index (χ1v) is 10.4. The number of amides is 2. The number of carbonyl (C=O) groups is 2. The van der Waals surface area contributed by atoms with E-state index in [0.717, 1.165) is 29.7 Å². The van der Waals surface area contributed by atoms with E-state index in [1.165, 1.54) is 0 Å². The molecule has 0 bridgehead atoms. The Bertz CT molecular complexity index is 889. The first-order chi connectivity index (χ1) is 13.8. The number of hydrogen-bond donors (Lipinski definition) is 2. The second kappa shape index (κ2) is 9.61. The number of rotatable bonds is 5. The zero-order valence-electron chi connectivity index (χ0n) is 16.6. The van der Waals surface area contributed by atoms with Gasteiger partial charge in [-0.2, -0.15) is 0 Å². The number of benzene rings is 2. The smallest absolute Gasteiger partial charge is 0.238 e. The van der Waals surface area contributed by atoms with Gasteiger partial charge in [0, 0.05) is 17.3 Å². The van der Waals surface area contributed by atoms with E-state index in [-0.39, 0.29) is 24.3 Å². The highest BCUT2D eigenvalue weighted by atomic mass is 35.5. The predicted molar refractivity (Wildman–Crippen MR) is 119 cm³/mol. The minimum Gasteiger partial charge on any atom is -0.326 e. The Hall–Kier alpha value is -2.08. The van der Waals surface area contributed by atoms with Crippen LogP contribution in [0.3, 0.4) is 0 Å².